The van der Waals surface area contributed by atoms with E-state index in [-0.39, 0.29) is 17.8 Å². The van der Waals surface area contributed by atoms with E-state index < -0.39 is 41.3 Å². The quantitative estimate of drug-likeness (QED) is 0.318. The number of nitrogens with zero attached hydrogens (tertiary/aromatic N) is 4. The molecule has 1 amide bonds. The molecule has 0 fully saturated rings. The zero-order chi connectivity index (χ0) is 26.0. The van der Waals surface area contributed by atoms with Crippen molar-refractivity contribution in [1.29, 1.82) is 0 Å². The summed E-state index contributed by atoms with van der Waals surface area (Å²) in [7, 11) is 0. The molecule has 0 aliphatic rings. The van der Waals surface area contributed by atoms with Crippen LogP contribution >= 0.6 is 11.6 Å². The summed E-state index contributed by atoms with van der Waals surface area (Å²) < 4.78 is 55.8. The first kappa shape index (κ1) is 25.4. The smallest absolute Gasteiger partial charge is 0.396 e. The Kier molecular flexibility index (Phi) is 7.14. The van der Waals surface area contributed by atoms with Crippen molar-refractivity contribution in [2.45, 2.75) is 25.6 Å². The average molecular weight is 522 g/mol. The third-order valence-corrected chi connectivity index (χ3v) is 5.94. The molecule has 1 atom stereocenters. The number of hydrogen-bond donors (Lipinski definition) is 2. The molecule has 4 aromatic rings. The molecule has 0 radical (unpaired) electrons. The van der Waals surface area contributed by atoms with Crippen molar-refractivity contribution in [3.05, 3.63) is 83.0 Å². The number of halogens is 5. The van der Waals surface area contributed by atoms with Crippen LogP contribution in [-0.4, -0.2) is 37.2 Å². The lowest BCUT2D eigenvalue weighted by molar-refractivity contribution is -0.141. The van der Waals surface area contributed by atoms with Crippen LogP contribution in [0.4, 0.5) is 23.2 Å². The van der Waals surface area contributed by atoms with Crippen molar-refractivity contribution >= 4 is 23.2 Å². The Hall–Kier alpha value is -3.70. The number of rotatable bonds is 7. The second kappa shape index (κ2) is 10.1. The molecule has 2 heterocycles. The second-order valence-corrected chi connectivity index (χ2v) is 8.25. The monoisotopic (exact) mass is 521 g/mol. The molecule has 2 aromatic heterocycles. The molecule has 0 saturated carbocycles. The lowest BCUT2D eigenvalue weighted by atomic mass is 10.1. The number of hydrogen-bond acceptors (Lipinski definition) is 4. The Morgan fingerprint density at radius 1 is 1.14 bits per heavy atom. The summed E-state index contributed by atoms with van der Waals surface area (Å²) in [6, 6.07) is 13.2. The summed E-state index contributed by atoms with van der Waals surface area (Å²) in [6.07, 6.45) is -3.65. The number of aromatic nitrogens is 4. The highest BCUT2D eigenvalue weighted by Crippen LogP contribution is 2.37. The fourth-order valence-electron chi connectivity index (χ4n) is 3.78. The maximum absolute atomic E-state index is 13.5. The number of anilines is 1. The lowest BCUT2D eigenvalue weighted by Crippen LogP contribution is -2.29. The molecule has 36 heavy (non-hydrogen) atoms. The largest absolute Gasteiger partial charge is 0.436 e. The number of benzene rings is 2. The van der Waals surface area contributed by atoms with Crippen LogP contribution in [0.15, 0.2) is 60.8 Å². The minimum atomic E-state index is -4.82. The topological polar surface area (TPSA) is 85.0 Å². The Labute approximate surface area is 207 Å². The summed E-state index contributed by atoms with van der Waals surface area (Å²) in [5, 5.41) is 19.5. The minimum absolute atomic E-state index is 0.0668. The van der Waals surface area contributed by atoms with E-state index in [1.165, 1.54) is 42.1 Å². The summed E-state index contributed by atoms with van der Waals surface area (Å²) in [6.45, 7) is 0.820. The van der Waals surface area contributed by atoms with Gasteiger partial charge in [0.15, 0.2) is 5.69 Å². The van der Waals surface area contributed by atoms with Gasteiger partial charge in [-0.1, -0.05) is 41.9 Å². The van der Waals surface area contributed by atoms with Crippen molar-refractivity contribution in [3.63, 3.8) is 0 Å². The first-order chi connectivity index (χ1) is 17.1. The number of alkyl halides is 3. The number of amides is 1. The first-order valence-corrected chi connectivity index (χ1v) is 11.1. The van der Waals surface area contributed by atoms with E-state index >= 15 is 0 Å². The lowest BCUT2D eigenvalue weighted by Gasteiger charge is -2.18. The molecule has 188 valence electrons. The highest BCUT2D eigenvalue weighted by molar-refractivity contribution is 6.32. The highest BCUT2D eigenvalue weighted by Gasteiger charge is 2.39. The van der Waals surface area contributed by atoms with Crippen molar-refractivity contribution in [1.82, 2.24) is 19.6 Å². The summed E-state index contributed by atoms with van der Waals surface area (Å²) in [5.41, 5.74) is 0.530. The molecule has 2 aromatic carbocycles. The van der Waals surface area contributed by atoms with Crippen LogP contribution in [0.5, 0.6) is 0 Å². The molecule has 1 unspecified atom stereocenters. The van der Waals surface area contributed by atoms with Gasteiger partial charge in [0.25, 0.3) is 0 Å². The number of carbonyl (C=O) groups excluding carboxylic acids is 1. The van der Waals surface area contributed by atoms with Crippen molar-refractivity contribution in [2.75, 3.05) is 11.9 Å². The van der Waals surface area contributed by atoms with Crippen LogP contribution in [0.2, 0.25) is 5.02 Å². The molecule has 12 heteroatoms. The van der Waals surface area contributed by atoms with Gasteiger partial charge >= 0.3 is 6.18 Å². The maximum atomic E-state index is 13.5. The molecule has 4 rings (SSSR count). The fourth-order valence-corrected chi connectivity index (χ4v) is 4.01. The molecule has 0 bridgehead atoms. The fraction of sp³-hybridized carbons (Fsp3) is 0.208. The zero-order valence-corrected chi connectivity index (χ0v) is 19.6. The Morgan fingerprint density at radius 3 is 2.39 bits per heavy atom. The molecular weight excluding hydrogens is 502 g/mol. The van der Waals surface area contributed by atoms with E-state index in [2.05, 4.69) is 15.5 Å². The standard InChI is InChI=1S/C24H20ClF4N5O2/c1-14-20(25)22(24(27,28)29)32-33(14)19(11-12-35)23(36)31-18-13-30-34(17-9-7-16(26)8-10-17)21(18)15-5-3-2-4-6-15/h2-10,13,19,35H,11-12H2,1H3,(H,31,36). The van der Waals surface area contributed by atoms with Gasteiger partial charge in [-0.15, -0.1) is 0 Å². The van der Waals surface area contributed by atoms with Gasteiger partial charge < -0.3 is 10.4 Å². The second-order valence-electron chi connectivity index (χ2n) is 7.87. The predicted octanol–water partition coefficient (Wildman–Crippen LogP) is 5.42. The average Bonchev–Trinajstić information content (AvgIpc) is 3.39. The minimum Gasteiger partial charge on any atom is -0.396 e. The van der Waals surface area contributed by atoms with Crippen LogP contribution in [0.3, 0.4) is 0 Å². The summed E-state index contributed by atoms with van der Waals surface area (Å²) >= 11 is 5.86. The van der Waals surface area contributed by atoms with Gasteiger partial charge in [0.05, 0.1) is 34.0 Å². The van der Waals surface area contributed by atoms with E-state index in [9.17, 15) is 27.5 Å². The van der Waals surface area contributed by atoms with Gasteiger partial charge in [0.2, 0.25) is 5.91 Å². The maximum Gasteiger partial charge on any atom is 0.436 e. The van der Waals surface area contributed by atoms with Crippen LogP contribution in [-0.2, 0) is 11.0 Å². The van der Waals surface area contributed by atoms with Gasteiger partial charge in [0.1, 0.15) is 11.9 Å². The van der Waals surface area contributed by atoms with Gasteiger partial charge in [-0.25, -0.2) is 9.07 Å². The van der Waals surface area contributed by atoms with E-state index in [1.807, 2.05) is 0 Å². The molecule has 0 spiro atoms. The summed E-state index contributed by atoms with van der Waals surface area (Å²) in [5.74, 6) is -1.16. The Morgan fingerprint density at radius 2 is 1.81 bits per heavy atom. The van der Waals surface area contributed by atoms with Gasteiger partial charge in [-0.3, -0.25) is 9.48 Å². The van der Waals surface area contributed by atoms with Crippen molar-refractivity contribution in [2.24, 2.45) is 0 Å². The molecular formula is C24H20ClF4N5O2. The Balaban J connectivity index is 1.75. The third-order valence-electron chi connectivity index (χ3n) is 5.49. The molecule has 0 saturated heterocycles. The van der Waals surface area contributed by atoms with Crippen LogP contribution in [0, 0.1) is 12.7 Å². The van der Waals surface area contributed by atoms with E-state index in [1.54, 1.807) is 30.3 Å². The van der Waals surface area contributed by atoms with E-state index in [4.69, 9.17) is 11.6 Å². The number of carbonyl (C=O) groups is 1. The first-order valence-electron chi connectivity index (χ1n) is 10.7. The van der Waals surface area contributed by atoms with Crippen LogP contribution in [0.25, 0.3) is 16.9 Å². The molecule has 0 aliphatic heterocycles. The van der Waals surface area contributed by atoms with E-state index in [0.29, 0.717) is 16.9 Å². The third kappa shape index (κ3) is 4.98. The Bertz CT molecular complexity index is 1370. The summed E-state index contributed by atoms with van der Waals surface area (Å²) in [4.78, 5) is 13.3. The molecule has 2 N–H and O–H groups in total. The molecule has 7 nitrogen and oxygen atoms in total. The van der Waals surface area contributed by atoms with Crippen LogP contribution < -0.4 is 5.32 Å². The van der Waals surface area contributed by atoms with E-state index in [0.717, 1.165) is 4.68 Å². The SMILES string of the molecule is Cc1c(Cl)c(C(F)(F)F)nn1C(CCO)C(=O)Nc1cnn(-c2ccc(F)cc2)c1-c1ccccc1. The molecule has 0 aliphatic carbocycles. The van der Waals surface area contributed by atoms with Gasteiger partial charge in [-0.05, 0) is 31.2 Å². The van der Waals surface area contributed by atoms with Crippen LogP contribution in [0.1, 0.15) is 23.9 Å². The predicted molar refractivity (Wildman–Crippen MR) is 125 cm³/mol. The highest BCUT2D eigenvalue weighted by atomic mass is 35.5. The van der Waals surface area contributed by atoms with Crippen molar-refractivity contribution in [3.8, 4) is 16.9 Å². The normalized spacial score (nSPS) is 12.5. The number of aliphatic hydroxyl groups is 1. The van der Waals surface area contributed by atoms with Crippen molar-refractivity contribution < 1.29 is 27.5 Å². The van der Waals surface area contributed by atoms with Gasteiger partial charge in [-0.2, -0.15) is 23.4 Å². The number of nitrogens with one attached hydrogen (secondary N) is 1. The number of aliphatic hydroxyl groups excluding tert-OH is 1. The van der Waals surface area contributed by atoms with Gasteiger partial charge in [0, 0.05) is 18.6 Å². The zero-order valence-electron chi connectivity index (χ0n) is 18.8.